The molecule has 2 atom stereocenters. The van der Waals surface area contributed by atoms with E-state index in [1.807, 2.05) is 0 Å². The average molecular weight is 258 g/mol. The van der Waals surface area contributed by atoms with Gasteiger partial charge < -0.3 is 5.73 Å². The molecule has 100 valence electrons. The van der Waals surface area contributed by atoms with Crippen molar-refractivity contribution in [2.24, 2.45) is 11.7 Å². The molecule has 1 fully saturated rings. The number of benzene rings is 1. The highest BCUT2D eigenvalue weighted by molar-refractivity contribution is 5.21. The molecule has 2 rings (SSSR count). The van der Waals surface area contributed by atoms with Crippen LogP contribution in [0.1, 0.15) is 18.0 Å². The number of halogens is 3. The lowest BCUT2D eigenvalue weighted by Gasteiger charge is -2.30. The summed E-state index contributed by atoms with van der Waals surface area (Å²) in [6.07, 6.45) is -3.50. The standard InChI is InChI=1S/C13H17F3N2/c14-13(15,16)12(11-4-2-1-3-5-11)18-7-6-10(8-17)9-18/h1-5,10,12H,6-9,17H2. The van der Waals surface area contributed by atoms with Crippen LogP contribution in [0.5, 0.6) is 0 Å². The van der Waals surface area contributed by atoms with Gasteiger partial charge >= 0.3 is 6.18 Å². The molecule has 1 aromatic carbocycles. The van der Waals surface area contributed by atoms with E-state index in [2.05, 4.69) is 0 Å². The van der Waals surface area contributed by atoms with Crippen LogP contribution in [0.3, 0.4) is 0 Å². The van der Waals surface area contributed by atoms with Crippen molar-refractivity contribution in [1.29, 1.82) is 0 Å². The fourth-order valence-electron chi connectivity index (χ4n) is 2.53. The predicted octanol–water partition coefficient (Wildman–Crippen LogP) is 2.57. The minimum atomic E-state index is -4.25. The Morgan fingerprint density at radius 1 is 1.28 bits per heavy atom. The van der Waals surface area contributed by atoms with Gasteiger partial charge in [-0.25, -0.2) is 0 Å². The molecular formula is C13H17F3N2. The van der Waals surface area contributed by atoms with Crippen molar-refractivity contribution in [2.45, 2.75) is 18.6 Å². The first-order valence-corrected chi connectivity index (χ1v) is 6.08. The zero-order chi connectivity index (χ0) is 13.2. The fraction of sp³-hybridized carbons (Fsp3) is 0.538. The van der Waals surface area contributed by atoms with Crippen molar-refractivity contribution in [3.63, 3.8) is 0 Å². The largest absolute Gasteiger partial charge is 0.408 e. The van der Waals surface area contributed by atoms with Crippen molar-refractivity contribution in [1.82, 2.24) is 4.90 Å². The summed E-state index contributed by atoms with van der Waals surface area (Å²) in [5, 5.41) is 0. The Kier molecular flexibility index (Phi) is 3.92. The van der Waals surface area contributed by atoms with Gasteiger partial charge in [-0.05, 0) is 31.0 Å². The van der Waals surface area contributed by atoms with Crippen LogP contribution in [0, 0.1) is 5.92 Å². The van der Waals surface area contributed by atoms with E-state index in [0.717, 1.165) is 6.42 Å². The van der Waals surface area contributed by atoms with E-state index < -0.39 is 12.2 Å². The van der Waals surface area contributed by atoms with Gasteiger partial charge in [-0.2, -0.15) is 13.2 Å². The van der Waals surface area contributed by atoms with Gasteiger partial charge in [0.05, 0.1) is 0 Å². The summed E-state index contributed by atoms with van der Waals surface area (Å²) in [4.78, 5) is 1.49. The Morgan fingerprint density at radius 2 is 1.94 bits per heavy atom. The van der Waals surface area contributed by atoms with E-state index >= 15 is 0 Å². The summed E-state index contributed by atoms with van der Waals surface area (Å²) in [7, 11) is 0. The highest BCUT2D eigenvalue weighted by Crippen LogP contribution is 2.39. The summed E-state index contributed by atoms with van der Waals surface area (Å²) in [5.74, 6) is 0.179. The average Bonchev–Trinajstić information content (AvgIpc) is 2.77. The molecule has 0 spiro atoms. The maximum Gasteiger partial charge on any atom is 0.408 e. The molecule has 18 heavy (non-hydrogen) atoms. The maximum absolute atomic E-state index is 13.2. The third kappa shape index (κ3) is 2.84. The number of hydrogen-bond donors (Lipinski definition) is 1. The maximum atomic E-state index is 13.2. The highest BCUT2D eigenvalue weighted by atomic mass is 19.4. The predicted molar refractivity (Wildman–Crippen MR) is 64.0 cm³/mol. The molecule has 1 aliphatic heterocycles. The molecule has 0 amide bonds. The summed E-state index contributed by atoms with van der Waals surface area (Å²) in [5.41, 5.74) is 5.84. The Morgan fingerprint density at radius 3 is 2.44 bits per heavy atom. The summed E-state index contributed by atoms with van der Waals surface area (Å²) < 4.78 is 39.6. The van der Waals surface area contributed by atoms with Gasteiger partial charge in [-0.3, -0.25) is 4.90 Å². The van der Waals surface area contributed by atoms with Crippen LogP contribution in [-0.2, 0) is 0 Å². The van der Waals surface area contributed by atoms with E-state index in [0.29, 0.717) is 25.2 Å². The number of likely N-dealkylation sites (tertiary alicyclic amines) is 1. The molecular weight excluding hydrogens is 241 g/mol. The SMILES string of the molecule is NCC1CCN(C(c2ccccc2)C(F)(F)F)C1. The first-order valence-electron chi connectivity index (χ1n) is 6.08. The Hall–Kier alpha value is -1.07. The van der Waals surface area contributed by atoms with Gasteiger partial charge in [0.2, 0.25) is 0 Å². The van der Waals surface area contributed by atoms with Crippen LogP contribution in [-0.4, -0.2) is 30.7 Å². The van der Waals surface area contributed by atoms with Crippen LogP contribution in [0.15, 0.2) is 30.3 Å². The van der Waals surface area contributed by atoms with Crippen LogP contribution in [0.2, 0.25) is 0 Å². The van der Waals surface area contributed by atoms with E-state index in [1.165, 1.54) is 17.0 Å². The lowest BCUT2D eigenvalue weighted by Crippen LogP contribution is -2.37. The second kappa shape index (κ2) is 5.28. The molecule has 0 aliphatic carbocycles. The number of rotatable bonds is 3. The Labute approximate surface area is 105 Å². The van der Waals surface area contributed by atoms with Crippen LogP contribution in [0.4, 0.5) is 13.2 Å². The summed E-state index contributed by atoms with van der Waals surface area (Å²) in [6, 6.07) is 6.58. The molecule has 2 nitrogen and oxygen atoms in total. The van der Waals surface area contributed by atoms with Gasteiger partial charge in [0.1, 0.15) is 6.04 Å². The minimum absolute atomic E-state index is 0.179. The molecule has 1 aromatic rings. The second-order valence-electron chi connectivity index (χ2n) is 4.74. The van der Waals surface area contributed by atoms with E-state index in [1.54, 1.807) is 18.2 Å². The third-order valence-corrected chi connectivity index (χ3v) is 3.44. The fourth-order valence-corrected chi connectivity index (χ4v) is 2.53. The highest BCUT2D eigenvalue weighted by Gasteiger charge is 2.46. The lowest BCUT2D eigenvalue weighted by atomic mass is 10.1. The van der Waals surface area contributed by atoms with Gasteiger partial charge in [0.25, 0.3) is 0 Å². The zero-order valence-corrected chi connectivity index (χ0v) is 10.0. The van der Waals surface area contributed by atoms with Crippen molar-refractivity contribution >= 4 is 0 Å². The molecule has 1 saturated heterocycles. The molecule has 2 N–H and O–H groups in total. The molecule has 0 aromatic heterocycles. The summed E-state index contributed by atoms with van der Waals surface area (Å²) >= 11 is 0. The molecule has 1 heterocycles. The molecule has 0 radical (unpaired) electrons. The zero-order valence-electron chi connectivity index (χ0n) is 10.0. The normalized spacial score (nSPS) is 23.2. The van der Waals surface area contributed by atoms with E-state index in [-0.39, 0.29) is 5.92 Å². The quantitative estimate of drug-likeness (QED) is 0.903. The second-order valence-corrected chi connectivity index (χ2v) is 4.74. The Balaban J connectivity index is 2.22. The monoisotopic (exact) mass is 258 g/mol. The summed E-state index contributed by atoms with van der Waals surface area (Å²) in [6.45, 7) is 1.34. The molecule has 5 heteroatoms. The molecule has 0 bridgehead atoms. The topological polar surface area (TPSA) is 29.3 Å². The third-order valence-electron chi connectivity index (χ3n) is 3.44. The number of nitrogens with two attached hydrogens (primary N) is 1. The van der Waals surface area contributed by atoms with Crippen LogP contribution >= 0.6 is 0 Å². The number of hydrogen-bond acceptors (Lipinski definition) is 2. The van der Waals surface area contributed by atoms with Gasteiger partial charge in [0.15, 0.2) is 0 Å². The van der Waals surface area contributed by atoms with E-state index in [4.69, 9.17) is 5.73 Å². The molecule has 1 aliphatic rings. The van der Waals surface area contributed by atoms with Crippen LogP contribution in [0.25, 0.3) is 0 Å². The van der Waals surface area contributed by atoms with Crippen molar-refractivity contribution in [3.8, 4) is 0 Å². The lowest BCUT2D eigenvalue weighted by molar-refractivity contribution is -0.184. The minimum Gasteiger partial charge on any atom is -0.330 e. The molecule has 2 unspecified atom stereocenters. The van der Waals surface area contributed by atoms with Crippen molar-refractivity contribution in [3.05, 3.63) is 35.9 Å². The Bertz CT molecular complexity index is 378. The number of nitrogens with zero attached hydrogens (tertiary/aromatic N) is 1. The molecule has 0 saturated carbocycles. The number of alkyl halides is 3. The van der Waals surface area contributed by atoms with Crippen molar-refractivity contribution < 1.29 is 13.2 Å². The van der Waals surface area contributed by atoms with E-state index in [9.17, 15) is 13.2 Å². The van der Waals surface area contributed by atoms with Crippen molar-refractivity contribution in [2.75, 3.05) is 19.6 Å². The first kappa shape index (κ1) is 13.4. The van der Waals surface area contributed by atoms with Gasteiger partial charge in [-0.1, -0.05) is 30.3 Å². The van der Waals surface area contributed by atoms with Crippen LogP contribution < -0.4 is 5.73 Å². The smallest absolute Gasteiger partial charge is 0.330 e. The van der Waals surface area contributed by atoms with Gasteiger partial charge in [0, 0.05) is 6.54 Å². The van der Waals surface area contributed by atoms with Gasteiger partial charge in [-0.15, -0.1) is 0 Å². The first-order chi connectivity index (χ1) is 8.52.